The number of hydrogen-bond acceptors (Lipinski definition) is 5. The average Bonchev–Trinajstić information content (AvgIpc) is 2.95. The quantitative estimate of drug-likeness (QED) is 0.814. The Kier molecular flexibility index (Phi) is 5.48. The van der Waals surface area contributed by atoms with Crippen molar-refractivity contribution in [2.24, 2.45) is 0 Å². The van der Waals surface area contributed by atoms with E-state index < -0.39 is 0 Å². The van der Waals surface area contributed by atoms with Crippen LogP contribution in [0.5, 0.6) is 0 Å². The number of carbonyl (C=O) groups excluding carboxylic acids is 1. The summed E-state index contributed by atoms with van der Waals surface area (Å²) in [7, 11) is 1.54. The molecule has 0 aliphatic rings. The van der Waals surface area contributed by atoms with E-state index in [0.29, 0.717) is 17.9 Å². The molecule has 6 nitrogen and oxygen atoms in total. The predicted molar refractivity (Wildman–Crippen MR) is 77.0 cm³/mol. The van der Waals surface area contributed by atoms with Crippen molar-refractivity contribution >= 4 is 11.6 Å². The first-order chi connectivity index (χ1) is 10.2. The highest BCUT2D eigenvalue weighted by molar-refractivity contribution is 6.02. The van der Waals surface area contributed by atoms with Crippen molar-refractivity contribution in [1.29, 1.82) is 0 Å². The third-order valence-corrected chi connectivity index (χ3v) is 2.89. The number of aromatic nitrogens is 1. The van der Waals surface area contributed by atoms with Crippen LogP contribution in [0.3, 0.4) is 0 Å². The first-order valence-electron chi connectivity index (χ1n) is 6.68. The number of anilines is 1. The van der Waals surface area contributed by atoms with Crippen LogP contribution in [0.25, 0.3) is 0 Å². The molecule has 2 rings (SSSR count). The Bertz CT molecular complexity index is 595. The van der Waals surface area contributed by atoms with E-state index in [2.05, 4.69) is 10.5 Å². The molecule has 0 bridgehead atoms. The molecule has 2 N–H and O–H groups in total. The van der Waals surface area contributed by atoms with Crippen LogP contribution in [0.2, 0.25) is 0 Å². The van der Waals surface area contributed by atoms with Gasteiger partial charge in [-0.05, 0) is 30.5 Å². The standard InChI is InChI=1S/C15H18N2O4/c1-20-10-13-9-14(17-21-13)15(19)16-12-6-2-4-11(8-12)5-3-7-18/h2,4,6,8-9,18H,3,5,7,10H2,1H3,(H,16,19). The van der Waals surface area contributed by atoms with E-state index in [-0.39, 0.29) is 24.8 Å². The zero-order valence-corrected chi connectivity index (χ0v) is 11.8. The Morgan fingerprint density at radius 2 is 2.29 bits per heavy atom. The second kappa shape index (κ2) is 7.56. The fourth-order valence-corrected chi connectivity index (χ4v) is 1.91. The van der Waals surface area contributed by atoms with Crippen molar-refractivity contribution in [2.45, 2.75) is 19.4 Å². The van der Waals surface area contributed by atoms with E-state index >= 15 is 0 Å². The molecule has 0 unspecified atom stereocenters. The van der Waals surface area contributed by atoms with E-state index in [0.717, 1.165) is 12.0 Å². The Hall–Kier alpha value is -2.18. The molecule has 112 valence electrons. The molecule has 6 heteroatoms. The summed E-state index contributed by atoms with van der Waals surface area (Å²) in [5.74, 6) is 0.166. The molecule has 1 aromatic heterocycles. The number of methoxy groups -OCH3 is 1. The van der Waals surface area contributed by atoms with Crippen molar-refractivity contribution < 1.29 is 19.2 Å². The van der Waals surface area contributed by atoms with Gasteiger partial charge in [-0.15, -0.1) is 0 Å². The molecule has 1 aromatic carbocycles. The van der Waals surface area contributed by atoms with Crippen LogP contribution in [0.1, 0.15) is 28.2 Å². The molecule has 0 spiro atoms. The maximum atomic E-state index is 12.0. The Morgan fingerprint density at radius 1 is 1.43 bits per heavy atom. The highest BCUT2D eigenvalue weighted by Crippen LogP contribution is 2.14. The molecule has 0 aliphatic carbocycles. The summed E-state index contributed by atoms with van der Waals surface area (Å²) in [6.45, 7) is 0.425. The molecular formula is C15H18N2O4. The van der Waals surface area contributed by atoms with Crippen molar-refractivity contribution in [3.05, 3.63) is 47.3 Å². The van der Waals surface area contributed by atoms with E-state index in [1.54, 1.807) is 19.2 Å². The van der Waals surface area contributed by atoms with Gasteiger partial charge in [0.05, 0.1) is 0 Å². The lowest BCUT2D eigenvalue weighted by Crippen LogP contribution is -2.12. The first-order valence-corrected chi connectivity index (χ1v) is 6.68. The van der Waals surface area contributed by atoms with Gasteiger partial charge in [-0.3, -0.25) is 4.79 Å². The van der Waals surface area contributed by atoms with Crippen LogP contribution >= 0.6 is 0 Å². The zero-order chi connectivity index (χ0) is 15.1. The molecule has 21 heavy (non-hydrogen) atoms. The summed E-state index contributed by atoms with van der Waals surface area (Å²) in [5, 5.41) is 15.3. The van der Waals surface area contributed by atoms with Gasteiger partial charge in [-0.1, -0.05) is 17.3 Å². The van der Waals surface area contributed by atoms with Gasteiger partial charge in [-0.2, -0.15) is 0 Å². The lowest BCUT2D eigenvalue weighted by Gasteiger charge is -2.05. The van der Waals surface area contributed by atoms with Crippen LogP contribution in [-0.2, 0) is 17.8 Å². The Morgan fingerprint density at radius 3 is 3.05 bits per heavy atom. The van der Waals surface area contributed by atoms with Gasteiger partial charge in [0.25, 0.3) is 5.91 Å². The molecule has 1 heterocycles. The number of hydrogen-bond donors (Lipinski definition) is 2. The van der Waals surface area contributed by atoms with Crippen molar-refractivity contribution in [3.63, 3.8) is 0 Å². The Labute approximate surface area is 122 Å². The highest BCUT2D eigenvalue weighted by atomic mass is 16.5. The number of carbonyl (C=O) groups is 1. The number of nitrogens with zero attached hydrogens (tertiary/aromatic N) is 1. The van der Waals surface area contributed by atoms with Gasteiger partial charge in [0.15, 0.2) is 11.5 Å². The van der Waals surface area contributed by atoms with E-state index in [9.17, 15) is 4.79 Å². The fraction of sp³-hybridized carbons (Fsp3) is 0.333. The van der Waals surface area contributed by atoms with Crippen LogP contribution < -0.4 is 5.32 Å². The number of benzene rings is 1. The molecule has 0 atom stereocenters. The van der Waals surface area contributed by atoms with Gasteiger partial charge < -0.3 is 19.7 Å². The molecule has 0 saturated carbocycles. The van der Waals surface area contributed by atoms with Crippen LogP contribution in [0.15, 0.2) is 34.9 Å². The number of ether oxygens (including phenoxy) is 1. The fourth-order valence-electron chi connectivity index (χ4n) is 1.91. The van der Waals surface area contributed by atoms with Crippen molar-refractivity contribution in [2.75, 3.05) is 19.0 Å². The SMILES string of the molecule is COCc1cc(C(=O)Nc2cccc(CCCO)c2)no1. The van der Waals surface area contributed by atoms with Gasteiger partial charge in [-0.25, -0.2) is 0 Å². The van der Waals surface area contributed by atoms with Gasteiger partial charge in [0, 0.05) is 25.5 Å². The minimum atomic E-state index is -0.333. The minimum Gasteiger partial charge on any atom is -0.396 e. The van der Waals surface area contributed by atoms with Crippen LogP contribution in [-0.4, -0.2) is 29.9 Å². The number of rotatable bonds is 7. The monoisotopic (exact) mass is 290 g/mol. The smallest absolute Gasteiger partial charge is 0.277 e. The number of aliphatic hydroxyl groups is 1. The summed E-state index contributed by atoms with van der Waals surface area (Å²) in [4.78, 5) is 12.0. The summed E-state index contributed by atoms with van der Waals surface area (Å²) in [5.41, 5.74) is 1.96. The third kappa shape index (κ3) is 4.40. The van der Waals surface area contributed by atoms with Gasteiger partial charge in [0.2, 0.25) is 0 Å². The van der Waals surface area contributed by atoms with E-state index in [1.807, 2.05) is 18.2 Å². The molecule has 0 radical (unpaired) electrons. The molecule has 0 saturated heterocycles. The summed E-state index contributed by atoms with van der Waals surface area (Å²) in [6.07, 6.45) is 1.46. The summed E-state index contributed by atoms with van der Waals surface area (Å²) in [6, 6.07) is 9.05. The molecule has 2 aromatic rings. The lowest BCUT2D eigenvalue weighted by atomic mass is 10.1. The maximum Gasteiger partial charge on any atom is 0.277 e. The largest absolute Gasteiger partial charge is 0.396 e. The Balaban J connectivity index is 2.01. The average molecular weight is 290 g/mol. The predicted octanol–water partition coefficient (Wildman–Crippen LogP) is 2.00. The minimum absolute atomic E-state index is 0.151. The number of amides is 1. The second-order valence-corrected chi connectivity index (χ2v) is 4.59. The lowest BCUT2D eigenvalue weighted by molar-refractivity contribution is 0.101. The molecule has 0 fully saturated rings. The van der Waals surface area contributed by atoms with Crippen molar-refractivity contribution in [3.8, 4) is 0 Å². The van der Waals surface area contributed by atoms with Crippen LogP contribution in [0, 0.1) is 0 Å². The first kappa shape index (κ1) is 15.2. The summed E-state index contributed by atoms with van der Waals surface area (Å²) < 4.78 is 9.88. The van der Waals surface area contributed by atoms with E-state index in [4.69, 9.17) is 14.4 Å². The third-order valence-electron chi connectivity index (χ3n) is 2.89. The van der Waals surface area contributed by atoms with E-state index in [1.165, 1.54) is 0 Å². The normalized spacial score (nSPS) is 10.6. The van der Waals surface area contributed by atoms with Crippen molar-refractivity contribution in [1.82, 2.24) is 5.16 Å². The number of nitrogens with one attached hydrogen (secondary N) is 1. The zero-order valence-electron chi connectivity index (χ0n) is 11.8. The highest BCUT2D eigenvalue weighted by Gasteiger charge is 2.12. The molecule has 0 aliphatic heterocycles. The second-order valence-electron chi connectivity index (χ2n) is 4.59. The van der Waals surface area contributed by atoms with Gasteiger partial charge >= 0.3 is 0 Å². The molecule has 1 amide bonds. The van der Waals surface area contributed by atoms with Crippen LogP contribution in [0.4, 0.5) is 5.69 Å². The number of aryl methyl sites for hydroxylation is 1. The molecular weight excluding hydrogens is 272 g/mol. The van der Waals surface area contributed by atoms with Gasteiger partial charge in [0.1, 0.15) is 6.61 Å². The summed E-state index contributed by atoms with van der Waals surface area (Å²) >= 11 is 0. The maximum absolute atomic E-state index is 12.0. The number of aliphatic hydroxyl groups excluding tert-OH is 1. The topological polar surface area (TPSA) is 84.6 Å².